The van der Waals surface area contributed by atoms with Gasteiger partial charge in [-0.2, -0.15) is 0 Å². The van der Waals surface area contributed by atoms with E-state index in [1.165, 1.54) is 5.56 Å². The summed E-state index contributed by atoms with van der Waals surface area (Å²) in [6.45, 7) is 4.21. The second-order valence-corrected chi connectivity index (χ2v) is 6.90. The van der Waals surface area contributed by atoms with Gasteiger partial charge in [0, 0.05) is 23.1 Å². The summed E-state index contributed by atoms with van der Waals surface area (Å²) < 4.78 is 5.91. The van der Waals surface area contributed by atoms with Gasteiger partial charge in [-0.3, -0.25) is 0 Å². The molecule has 0 unspecified atom stereocenters. The highest BCUT2D eigenvalue weighted by Gasteiger charge is 2.29. The van der Waals surface area contributed by atoms with E-state index in [4.69, 9.17) is 16.3 Å². The van der Waals surface area contributed by atoms with Gasteiger partial charge in [-0.05, 0) is 50.2 Å². The number of hydrogen-bond donors (Lipinski definition) is 1. The molecule has 4 heteroatoms. The number of anilines is 2. The first-order chi connectivity index (χ1) is 11.0. The number of rotatable bonds is 2. The van der Waals surface area contributed by atoms with Crippen LogP contribution in [0, 0.1) is 0 Å². The first-order valence-electron chi connectivity index (χ1n) is 7.64. The number of aromatic nitrogens is 1. The third-order valence-corrected chi connectivity index (χ3v) is 4.31. The number of hydrogen-bond acceptors (Lipinski definition) is 3. The summed E-state index contributed by atoms with van der Waals surface area (Å²) in [6, 6.07) is 15.9. The maximum atomic E-state index is 6.23. The number of nitrogens with zero attached hydrogens (tertiary/aromatic N) is 1. The number of nitrogens with one attached hydrogen (secondary N) is 1. The third kappa shape index (κ3) is 2.73. The van der Waals surface area contributed by atoms with Crippen LogP contribution in [0.1, 0.15) is 19.4 Å². The lowest BCUT2D eigenvalue weighted by Crippen LogP contribution is -2.24. The zero-order chi connectivity index (χ0) is 16.0. The highest BCUT2D eigenvalue weighted by molar-refractivity contribution is 6.35. The van der Waals surface area contributed by atoms with Crippen molar-refractivity contribution in [1.82, 2.24) is 4.98 Å². The number of para-hydroxylation sites is 1. The van der Waals surface area contributed by atoms with Gasteiger partial charge in [0.15, 0.2) is 0 Å². The summed E-state index contributed by atoms with van der Waals surface area (Å²) in [7, 11) is 0. The molecule has 0 aliphatic carbocycles. The number of halogens is 1. The Bertz CT molecular complexity index is 905. The van der Waals surface area contributed by atoms with Crippen molar-refractivity contribution in [1.29, 1.82) is 0 Å². The van der Waals surface area contributed by atoms with Crippen LogP contribution in [-0.2, 0) is 6.42 Å². The van der Waals surface area contributed by atoms with Gasteiger partial charge in [0.05, 0.1) is 10.5 Å². The van der Waals surface area contributed by atoms with Crippen LogP contribution in [0.5, 0.6) is 5.75 Å². The summed E-state index contributed by atoms with van der Waals surface area (Å²) >= 11 is 6.23. The van der Waals surface area contributed by atoms with Gasteiger partial charge in [0.2, 0.25) is 0 Å². The topological polar surface area (TPSA) is 34.2 Å². The molecule has 0 saturated carbocycles. The summed E-state index contributed by atoms with van der Waals surface area (Å²) in [5, 5.41) is 5.05. The van der Waals surface area contributed by atoms with E-state index in [0.717, 1.165) is 34.6 Å². The van der Waals surface area contributed by atoms with E-state index in [-0.39, 0.29) is 5.60 Å². The van der Waals surface area contributed by atoms with E-state index in [2.05, 4.69) is 30.2 Å². The minimum absolute atomic E-state index is 0.129. The van der Waals surface area contributed by atoms with Gasteiger partial charge in [-0.25, -0.2) is 4.98 Å². The Morgan fingerprint density at radius 2 is 2.00 bits per heavy atom. The van der Waals surface area contributed by atoms with Crippen LogP contribution >= 0.6 is 11.6 Å². The van der Waals surface area contributed by atoms with Gasteiger partial charge in [0.25, 0.3) is 0 Å². The van der Waals surface area contributed by atoms with E-state index in [1.807, 2.05) is 42.5 Å². The average molecular weight is 325 g/mol. The van der Waals surface area contributed by atoms with E-state index >= 15 is 0 Å². The highest BCUT2D eigenvalue weighted by atomic mass is 35.5. The van der Waals surface area contributed by atoms with Gasteiger partial charge < -0.3 is 10.1 Å². The monoisotopic (exact) mass is 324 g/mol. The van der Waals surface area contributed by atoms with E-state index < -0.39 is 0 Å². The Hall–Kier alpha value is -2.26. The molecule has 3 nitrogen and oxygen atoms in total. The van der Waals surface area contributed by atoms with Crippen LogP contribution in [0.3, 0.4) is 0 Å². The van der Waals surface area contributed by atoms with Crippen molar-refractivity contribution in [3.8, 4) is 5.75 Å². The van der Waals surface area contributed by atoms with Gasteiger partial charge in [0.1, 0.15) is 17.2 Å². The number of ether oxygens (including phenoxy) is 1. The number of benzene rings is 2. The van der Waals surface area contributed by atoms with Gasteiger partial charge in [-0.1, -0.05) is 23.7 Å². The molecule has 0 bridgehead atoms. The number of pyridine rings is 1. The Kier molecular flexibility index (Phi) is 3.20. The SMILES string of the molecule is CC1(C)Cc2cc(Nc3ccc4cccc(Cl)c4n3)ccc2O1. The lowest BCUT2D eigenvalue weighted by molar-refractivity contribution is 0.138. The van der Waals surface area contributed by atoms with Crippen LogP contribution in [0.25, 0.3) is 10.9 Å². The molecule has 2 heterocycles. The zero-order valence-corrected chi connectivity index (χ0v) is 13.8. The molecule has 0 fully saturated rings. The molecule has 1 aliphatic rings. The van der Waals surface area contributed by atoms with Crippen LogP contribution in [0.15, 0.2) is 48.5 Å². The Balaban J connectivity index is 1.65. The predicted molar refractivity (Wildman–Crippen MR) is 94.9 cm³/mol. The van der Waals surface area contributed by atoms with Crippen molar-refractivity contribution < 1.29 is 4.74 Å². The van der Waals surface area contributed by atoms with E-state index in [9.17, 15) is 0 Å². The first-order valence-corrected chi connectivity index (χ1v) is 8.02. The van der Waals surface area contributed by atoms with Crippen LogP contribution in [0.4, 0.5) is 11.5 Å². The first kappa shape index (κ1) is 14.3. The molecule has 1 N–H and O–H groups in total. The molecule has 0 radical (unpaired) electrons. The molecule has 0 saturated heterocycles. The summed E-state index contributed by atoms with van der Waals surface area (Å²) in [5.74, 6) is 1.75. The van der Waals surface area contributed by atoms with E-state index in [0.29, 0.717) is 5.02 Å². The second kappa shape index (κ2) is 5.14. The molecule has 4 rings (SSSR count). The quantitative estimate of drug-likeness (QED) is 0.690. The normalized spacial score (nSPS) is 15.3. The van der Waals surface area contributed by atoms with Gasteiger partial charge in [-0.15, -0.1) is 0 Å². The summed E-state index contributed by atoms with van der Waals surface area (Å²) in [5.41, 5.74) is 2.91. The Labute approximate surface area is 140 Å². The molecule has 116 valence electrons. The molecular weight excluding hydrogens is 308 g/mol. The van der Waals surface area contributed by atoms with Crippen molar-refractivity contribution in [3.63, 3.8) is 0 Å². The zero-order valence-electron chi connectivity index (χ0n) is 13.1. The molecule has 1 aliphatic heterocycles. The number of fused-ring (bicyclic) bond motifs is 2. The molecule has 2 aromatic carbocycles. The molecule has 23 heavy (non-hydrogen) atoms. The predicted octanol–water partition coefficient (Wildman–Crippen LogP) is 5.35. The largest absolute Gasteiger partial charge is 0.487 e. The van der Waals surface area contributed by atoms with Crippen LogP contribution in [0.2, 0.25) is 5.02 Å². The fourth-order valence-corrected chi connectivity index (χ4v) is 3.24. The molecule has 0 atom stereocenters. The van der Waals surface area contributed by atoms with Crippen LogP contribution in [-0.4, -0.2) is 10.6 Å². The fourth-order valence-electron chi connectivity index (χ4n) is 3.02. The standard InChI is InChI=1S/C19H17ClN2O/c1-19(2)11-13-10-14(7-8-16(13)23-19)21-17-9-6-12-4-3-5-15(20)18(12)22-17/h3-10H,11H2,1-2H3,(H,21,22). The summed E-state index contributed by atoms with van der Waals surface area (Å²) in [6.07, 6.45) is 0.912. The van der Waals surface area contributed by atoms with Gasteiger partial charge >= 0.3 is 0 Å². The smallest absolute Gasteiger partial charge is 0.131 e. The van der Waals surface area contributed by atoms with E-state index in [1.54, 1.807) is 0 Å². The van der Waals surface area contributed by atoms with Crippen LogP contribution < -0.4 is 10.1 Å². The van der Waals surface area contributed by atoms with Crippen molar-refractivity contribution in [2.45, 2.75) is 25.9 Å². The lowest BCUT2D eigenvalue weighted by atomic mass is 10.0. The fraction of sp³-hybridized carbons (Fsp3) is 0.211. The second-order valence-electron chi connectivity index (χ2n) is 6.49. The minimum Gasteiger partial charge on any atom is -0.487 e. The Morgan fingerprint density at radius 1 is 1.13 bits per heavy atom. The molecule has 1 aromatic heterocycles. The molecule has 0 spiro atoms. The maximum absolute atomic E-state index is 6.23. The summed E-state index contributed by atoms with van der Waals surface area (Å²) in [4.78, 5) is 4.62. The minimum atomic E-state index is -0.129. The van der Waals surface area contributed by atoms with Crippen molar-refractivity contribution >= 4 is 34.0 Å². The highest BCUT2D eigenvalue weighted by Crippen LogP contribution is 2.36. The van der Waals surface area contributed by atoms with Crippen molar-refractivity contribution in [3.05, 3.63) is 59.1 Å². The molecule has 3 aromatic rings. The van der Waals surface area contributed by atoms with Crippen molar-refractivity contribution in [2.24, 2.45) is 0 Å². The third-order valence-electron chi connectivity index (χ3n) is 4.01. The average Bonchev–Trinajstić information content (AvgIpc) is 2.81. The van der Waals surface area contributed by atoms with Crippen molar-refractivity contribution in [2.75, 3.05) is 5.32 Å². The lowest BCUT2D eigenvalue weighted by Gasteiger charge is -2.16. The molecular formula is C19H17ClN2O. The maximum Gasteiger partial charge on any atom is 0.131 e. The molecule has 0 amide bonds. The Morgan fingerprint density at radius 3 is 2.87 bits per heavy atom.